The van der Waals surface area contributed by atoms with E-state index in [2.05, 4.69) is 34.3 Å². The van der Waals surface area contributed by atoms with Gasteiger partial charge in [-0.2, -0.15) is 0 Å². The number of oxime groups is 1. The fourth-order valence-corrected chi connectivity index (χ4v) is 2.10. The largest absolute Gasteiger partial charge is 0.396 e. The van der Waals surface area contributed by atoms with Gasteiger partial charge in [-0.25, -0.2) is 0 Å². The van der Waals surface area contributed by atoms with E-state index in [1.807, 2.05) is 6.92 Å². The van der Waals surface area contributed by atoms with E-state index in [0.717, 1.165) is 5.56 Å². The second-order valence-corrected chi connectivity index (χ2v) is 4.29. The molecule has 1 saturated heterocycles. The summed E-state index contributed by atoms with van der Waals surface area (Å²) in [5.74, 6) is 0. The summed E-state index contributed by atoms with van der Waals surface area (Å²) < 4.78 is 0. The van der Waals surface area contributed by atoms with Gasteiger partial charge in [0.25, 0.3) is 0 Å². The normalized spacial score (nSPS) is 16.4. The van der Waals surface area contributed by atoms with Crippen molar-refractivity contribution >= 4 is 11.9 Å². The molecule has 0 atom stereocenters. The van der Waals surface area contributed by atoms with Crippen molar-refractivity contribution in [2.75, 3.05) is 24.6 Å². The Morgan fingerprint density at radius 1 is 1.18 bits per heavy atom. The van der Waals surface area contributed by atoms with Crippen LogP contribution in [0.2, 0.25) is 0 Å². The minimum Gasteiger partial charge on any atom is -0.396 e. The average Bonchev–Trinajstić information content (AvgIpc) is 2.41. The van der Waals surface area contributed by atoms with Crippen molar-refractivity contribution in [3.8, 4) is 0 Å². The predicted octanol–water partition coefficient (Wildman–Crippen LogP) is 3.05. The van der Waals surface area contributed by atoms with Gasteiger partial charge in [-0.15, -0.1) is 0 Å². The van der Waals surface area contributed by atoms with E-state index in [0.29, 0.717) is 6.61 Å². The molecule has 0 N–H and O–H groups in total. The molecule has 3 heteroatoms. The zero-order valence-electron chi connectivity index (χ0n) is 10.4. The predicted molar refractivity (Wildman–Crippen MR) is 71.7 cm³/mol. The molecule has 0 radical (unpaired) electrons. The molecule has 0 unspecified atom stereocenters. The molecule has 3 nitrogen and oxygen atoms in total. The molecule has 1 aliphatic rings. The van der Waals surface area contributed by atoms with Crippen molar-refractivity contribution in [1.82, 2.24) is 0 Å². The summed E-state index contributed by atoms with van der Waals surface area (Å²) in [6, 6.07) is 8.51. The highest BCUT2D eigenvalue weighted by atomic mass is 16.6. The molecule has 0 spiro atoms. The van der Waals surface area contributed by atoms with Gasteiger partial charge in [0.15, 0.2) is 0 Å². The van der Waals surface area contributed by atoms with Gasteiger partial charge in [0, 0.05) is 18.8 Å². The van der Waals surface area contributed by atoms with Gasteiger partial charge < -0.3 is 9.74 Å². The lowest BCUT2D eigenvalue weighted by atomic mass is 10.1. The van der Waals surface area contributed by atoms with Crippen molar-refractivity contribution in [2.45, 2.75) is 26.2 Å². The number of nitrogens with zero attached hydrogens (tertiary/aromatic N) is 2. The summed E-state index contributed by atoms with van der Waals surface area (Å²) in [6.07, 6.45) is 5.75. The van der Waals surface area contributed by atoms with Gasteiger partial charge in [-0.1, -0.05) is 17.3 Å². The van der Waals surface area contributed by atoms with Gasteiger partial charge in [-0.3, -0.25) is 0 Å². The van der Waals surface area contributed by atoms with Gasteiger partial charge in [-0.05, 0) is 43.9 Å². The first-order valence-corrected chi connectivity index (χ1v) is 6.40. The third-order valence-electron chi connectivity index (χ3n) is 3.02. The van der Waals surface area contributed by atoms with Crippen LogP contribution < -0.4 is 4.90 Å². The SMILES string of the molecule is CCON=Cc1ccc(N2CCCCC2)cc1. The van der Waals surface area contributed by atoms with Crippen molar-refractivity contribution < 1.29 is 4.84 Å². The molecule has 1 heterocycles. The molecular weight excluding hydrogens is 212 g/mol. The standard InChI is InChI=1S/C14H20N2O/c1-2-17-15-12-13-6-8-14(9-7-13)16-10-4-3-5-11-16/h6-9,12H,2-5,10-11H2,1H3. The minimum atomic E-state index is 0.613. The third kappa shape index (κ3) is 3.48. The number of benzene rings is 1. The Kier molecular flexibility index (Phi) is 4.42. The van der Waals surface area contributed by atoms with Gasteiger partial charge in [0.2, 0.25) is 0 Å². The zero-order valence-corrected chi connectivity index (χ0v) is 10.4. The molecule has 0 amide bonds. The molecule has 0 aliphatic carbocycles. The van der Waals surface area contributed by atoms with Gasteiger partial charge in [0.1, 0.15) is 6.61 Å². The van der Waals surface area contributed by atoms with E-state index in [9.17, 15) is 0 Å². The van der Waals surface area contributed by atoms with E-state index >= 15 is 0 Å². The highest BCUT2D eigenvalue weighted by Gasteiger charge is 2.09. The third-order valence-corrected chi connectivity index (χ3v) is 3.02. The smallest absolute Gasteiger partial charge is 0.114 e. The second kappa shape index (κ2) is 6.28. The van der Waals surface area contributed by atoms with Crippen molar-refractivity contribution in [3.63, 3.8) is 0 Å². The Labute approximate surface area is 103 Å². The Morgan fingerprint density at radius 2 is 1.88 bits per heavy atom. The summed E-state index contributed by atoms with van der Waals surface area (Å²) in [5.41, 5.74) is 2.40. The first-order valence-electron chi connectivity index (χ1n) is 6.40. The highest BCUT2D eigenvalue weighted by molar-refractivity contribution is 5.79. The second-order valence-electron chi connectivity index (χ2n) is 4.29. The van der Waals surface area contributed by atoms with Gasteiger partial charge >= 0.3 is 0 Å². The molecule has 1 aliphatic heterocycles. The first-order chi connectivity index (χ1) is 8.40. The lowest BCUT2D eigenvalue weighted by Crippen LogP contribution is -2.29. The summed E-state index contributed by atoms with van der Waals surface area (Å²) in [6.45, 7) is 4.91. The molecular formula is C14H20N2O. The lowest BCUT2D eigenvalue weighted by molar-refractivity contribution is 0.160. The number of anilines is 1. The fourth-order valence-electron chi connectivity index (χ4n) is 2.10. The van der Waals surface area contributed by atoms with Crippen LogP contribution in [-0.2, 0) is 4.84 Å². The summed E-state index contributed by atoms with van der Waals surface area (Å²) in [4.78, 5) is 7.39. The van der Waals surface area contributed by atoms with E-state index in [4.69, 9.17) is 4.84 Å². The molecule has 1 aromatic carbocycles. The summed E-state index contributed by atoms with van der Waals surface area (Å²) in [5, 5.41) is 3.86. The molecule has 0 bridgehead atoms. The monoisotopic (exact) mass is 232 g/mol. The van der Waals surface area contributed by atoms with E-state index in [1.165, 1.54) is 38.0 Å². The number of hydrogen-bond acceptors (Lipinski definition) is 3. The van der Waals surface area contributed by atoms with Crippen LogP contribution in [-0.4, -0.2) is 25.9 Å². The van der Waals surface area contributed by atoms with Crippen LogP contribution in [0.25, 0.3) is 0 Å². The molecule has 1 fully saturated rings. The molecule has 0 aromatic heterocycles. The zero-order chi connectivity index (χ0) is 11.9. The highest BCUT2D eigenvalue weighted by Crippen LogP contribution is 2.19. The van der Waals surface area contributed by atoms with E-state index in [1.54, 1.807) is 6.21 Å². The van der Waals surface area contributed by atoms with Crippen LogP contribution in [0, 0.1) is 0 Å². The van der Waals surface area contributed by atoms with Crippen molar-refractivity contribution in [1.29, 1.82) is 0 Å². The molecule has 2 rings (SSSR count). The van der Waals surface area contributed by atoms with Crippen LogP contribution in [0.3, 0.4) is 0 Å². The maximum Gasteiger partial charge on any atom is 0.114 e. The van der Waals surface area contributed by atoms with Gasteiger partial charge in [0.05, 0.1) is 6.21 Å². The van der Waals surface area contributed by atoms with Crippen LogP contribution in [0.5, 0.6) is 0 Å². The molecule has 92 valence electrons. The van der Waals surface area contributed by atoms with Crippen molar-refractivity contribution in [2.24, 2.45) is 5.16 Å². The van der Waals surface area contributed by atoms with E-state index in [-0.39, 0.29) is 0 Å². The average molecular weight is 232 g/mol. The Hall–Kier alpha value is -1.51. The number of rotatable bonds is 4. The van der Waals surface area contributed by atoms with E-state index < -0.39 is 0 Å². The first kappa shape index (κ1) is 12.0. The number of hydrogen-bond donors (Lipinski definition) is 0. The summed E-state index contributed by atoms with van der Waals surface area (Å²) in [7, 11) is 0. The molecule has 1 aromatic rings. The van der Waals surface area contributed by atoms with Crippen LogP contribution >= 0.6 is 0 Å². The Morgan fingerprint density at radius 3 is 2.53 bits per heavy atom. The Balaban J connectivity index is 1.97. The molecule has 0 saturated carbocycles. The lowest BCUT2D eigenvalue weighted by Gasteiger charge is -2.28. The maximum atomic E-state index is 4.94. The van der Waals surface area contributed by atoms with Crippen LogP contribution in [0.15, 0.2) is 29.4 Å². The fraction of sp³-hybridized carbons (Fsp3) is 0.500. The number of piperidine rings is 1. The van der Waals surface area contributed by atoms with Crippen LogP contribution in [0.1, 0.15) is 31.7 Å². The molecule has 17 heavy (non-hydrogen) atoms. The van der Waals surface area contributed by atoms with Crippen molar-refractivity contribution in [3.05, 3.63) is 29.8 Å². The van der Waals surface area contributed by atoms with Crippen LogP contribution in [0.4, 0.5) is 5.69 Å². The maximum absolute atomic E-state index is 4.94. The summed E-state index contributed by atoms with van der Waals surface area (Å²) >= 11 is 0. The minimum absolute atomic E-state index is 0.613. The Bertz CT molecular complexity index is 353. The quantitative estimate of drug-likeness (QED) is 0.589. The topological polar surface area (TPSA) is 24.8 Å².